The Morgan fingerprint density at radius 2 is 1.71 bits per heavy atom. The molecule has 9 heteroatoms. The molecule has 166 valence electrons. The summed E-state index contributed by atoms with van der Waals surface area (Å²) in [6.45, 7) is 1.54. The topological polar surface area (TPSA) is 67.2 Å². The lowest BCUT2D eigenvalue weighted by molar-refractivity contribution is -0.137. The van der Waals surface area contributed by atoms with E-state index in [-0.39, 0.29) is 22.0 Å². The number of hydrogen-bond acceptors (Lipinski definition) is 4. The predicted molar refractivity (Wildman–Crippen MR) is 125 cm³/mol. The Kier molecular flexibility index (Phi) is 7.09. The molecule has 31 heavy (non-hydrogen) atoms. The first-order chi connectivity index (χ1) is 14.9. The molecule has 6 nitrogen and oxygen atoms in total. The quantitative estimate of drug-likeness (QED) is 0.651. The fourth-order valence-electron chi connectivity index (χ4n) is 4.42. The minimum Gasteiger partial charge on any atom is -0.381 e. The molecule has 1 saturated carbocycles. The molecule has 1 aliphatic heterocycles. The number of aromatic nitrogens is 2. The lowest BCUT2D eigenvalue weighted by Crippen LogP contribution is -2.45. The largest absolute Gasteiger partial charge is 0.381 e. The molecule has 4 rings (SSSR count). The van der Waals surface area contributed by atoms with Crippen LogP contribution in [0.1, 0.15) is 44.9 Å². The van der Waals surface area contributed by atoms with Gasteiger partial charge in [-0.1, -0.05) is 54.1 Å². The zero-order chi connectivity index (χ0) is 22.0. The molecular formula is C22H25Cl3N4O2. The standard InChI is InChI=1S/C22H25Cl3N4O2/c23-17-12-16(29-22(31)20(25)18(24)13-26-29)6-7-19(17)27-15-8-10-28(11-9-15)21(30)14-4-2-1-3-5-14/h6-7,12-15,27H,1-5,8-11H2. The summed E-state index contributed by atoms with van der Waals surface area (Å²) in [6.07, 6.45) is 8.76. The zero-order valence-corrected chi connectivity index (χ0v) is 19.4. The van der Waals surface area contributed by atoms with Gasteiger partial charge in [-0.05, 0) is 43.9 Å². The third-order valence-electron chi connectivity index (χ3n) is 6.19. The number of rotatable bonds is 4. The molecule has 1 aliphatic carbocycles. The van der Waals surface area contributed by atoms with Gasteiger partial charge in [-0.25, -0.2) is 0 Å². The van der Waals surface area contributed by atoms with Crippen LogP contribution >= 0.6 is 34.8 Å². The second-order valence-corrected chi connectivity index (χ2v) is 9.46. The van der Waals surface area contributed by atoms with Gasteiger partial charge in [-0.2, -0.15) is 9.78 Å². The number of hydrogen-bond donors (Lipinski definition) is 1. The first-order valence-electron chi connectivity index (χ1n) is 10.7. The third-order valence-corrected chi connectivity index (χ3v) is 7.26. The average Bonchev–Trinajstić information content (AvgIpc) is 2.79. The van der Waals surface area contributed by atoms with Gasteiger partial charge < -0.3 is 10.2 Å². The highest BCUT2D eigenvalue weighted by molar-refractivity contribution is 6.41. The SMILES string of the molecule is O=C(C1CCCCC1)N1CCC(Nc2ccc(-n3ncc(Cl)c(Cl)c3=O)cc2Cl)CC1. The van der Waals surface area contributed by atoms with Gasteiger partial charge in [0.2, 0.25) is 5.91 Å². The Hall–Kier alpha value is -1.76. The van der Waals surface area contributed by atoms with Crippen LogP contribution < -0.4 is 10.9 Å². The number of carbonyl (C=O) groups is 1. The van der Waals surface area contributed by atoms with Gasteiger partial charge in [0.25, 0.3) is 5.56 Å². The van der Waals surface area contributed by atoms with Crippen molar-refractivity contribution in [2.24, 2.45) is 5.92 Å². The van der Waals surface area contributed by atoms with Gasteiger partial charge >= 0.3 is 0 Å². The van der Waals surface area contributed by atoms with Crippen molar-refractivity contribution in [1.82, 2.24) is 14.7 Å². The molecule has 2 fully saturated rings. The number of amides is 1. The van der Waals surface area contributed by atoms with Crippen molar-refractivity contribution in [3.05, 3.63) is 49.8 Å². The molecule has 2 aromatic rings. The zero-order valence-electron chi connectivity index (χ0n) is 17.1. The normalized spacial score (nSPS) is 18.2. The van der Waals surface area contributed by atoms with Crippen LogP contribution in [-0.2, 0) is 4.79 Å². The highest BCUT2D eigenvalue weighted by Gasteiger charge is 2.29. The van der Waals surface area contributed by atoms with Crippen LogP contribution in [0.5, 0.6) is 0 Å². The number of benzene rings is 1. The van der Waals surface area contributed by atoms with Gasteiger partial charge in [0.15, 0.2) is 0 Å². The number of nitrogens with zero attached hydrogens (tertiary/aromatic N) is 3. The number of anilines is 1. The second kappa shape index (κ2) is 9.80. The molecule has 0 spiro atoms. The number of nitrogens with one attached hydrogen (secondary N) is 1. The van der Waals surface area contributed by atoms with Crippen LogP contribution in [-0.4, -0.2) is 39.7 Å². The van der Waals surface area contributed by atoms with Crippen LogP contribution in [0.15, 0.2) is 29.2 Å². The lowest BCUT2D eigenvalue weighted by atomic mass is 9.87. The Labute approximate surface area is 196 Å². The smallest absolute Gasteiger partial charge is 0.291 e. The van der Waals surface area contributed by atoms with Crippen LogP contribution in [0.25, 0.3) is 5.69 Å². The van der Waals surface area contributed by atoms with Crippen molar-refractivity contribution in [3.63, 3.8) is 0 Å². The van der Waals surface area contributed by atoms with Crippen molar-refractivity contribution in [1.29, 1.82) is 0 Å². The van der Waals surface area contributed by atoms with Crippen molar-refractivity contribution in [2.75, 3.05) is 18.4 Å². The monoisotopic (exact) mass is 482 g/mol. The van der Waals surface area contributed by atoms with Crippen molar-refractivity contribution < 1.29 is 4.79 Å². The van der Waals surface area contributed by atoms with Crippen molar-refractivity contribution in [3.8, 4) is 5.69 Å². The van der Waals surface area contributed by atoms with Crippen molar-refractivity contribution in [2.45, 2.75) is 51.0 Å². The van der Waals surface area contributed by atoms with E-state index in [4.69, 9.17) is 34.8 Å². The van der Waals surface area contributed by atoms with Gasteiger partial charge in [-0.3, -0.25) is 9.59 Å². The summed E-state index contributed by atoms with van der Waals surface area (Å²) < 4.78 is 1.17. The Bertz CT molecular complexity index is 1010. The molecule has 1 N–H and O–H groups in total. The van der Waals surface area contributed by atoms with E-state index in [0.717, 1.165) is 44.5 Å². The summed E-state index contributed by atoms with van der Waals surface area (Å²) in [6, 6.07) is 5.50. The first kappa shape index (κ1) is 22.4. The molecule has 0 bridgehead atoms. The molecule has 1 saturated heterocycles. The molecule has 0 unspecified atom stereocenters. The maximum atomic E-state index is 12.7. The summed E-state index contributed by atoms with van der Waals surface area (Å²) in [5.41, 5.74) is 0.795. The van der Waals surface area contributed by atoms with Crippen molar-refractivity contribution >= 4 is 46.4 Å². The van der Waals surface area contributed by atoms with Crippen LogP contribution in [0.2, 0.25) is 15.1 Å². The maximum absolute atomic E-state index is 12.7. The van der Waals surface area contributed by atoms with Crippen LogP contribution in [0.3, 0.4) is 0 Å². The predicted octanol–water partition coefficient (Wildman–Crippen LogP) is 5.18. The highest BCUT2D eigenvalue weighted by atomic mass is 35.5. The van der Waals surface area contributed by atoms with E-state index in [1.807, 2.05) is 11.0 Å². The van der Waals surface area contributed by atoms with E-state index in [1.54, 1.807) is 12.1 Å². The summed E-state index contributed by atoms with van der Waals surface area (Å²) in [5.74, 6) is 0.554. The Morgan fingerprint density at radius 1 is 1.00 bits per heavy atom. The lowest BCUT2D eigenvalue weighted by Gasteiger charge is -2.36. The summed E-state index contributed by atoms with van der Waals surface area (Å²) in [7, 11) is 0. The van der Waals surface area contributed by atoms with E-state index in [1.165, 1.54) is 30.1 Å². The maximum Gasteiger partial charge on any atom is 0.291 e. The molecule has 0 atom stereocenters. The minimum absolute atomic E-state index is 0.0791. The summed E-state index contributed by atoms with van der Waals surface area (Å²) in [4.78, 5) is 27.1. The number of piperidine rings is 1. The fourth-order valence-corrected chi connectivity index (χ4v) is 4.90. The van der Waals surface area contributed by atoms with E-state index in [2.05, 4.69) is 10.4 Å². The molecule has 1 aromatic carbocycles. The molecule has 2 aliphatic rings. The molecule has 1 aromatic heterocycles. The minimum atomic E-state index is -0.499. The second-order valence-electron chi connectivity index (χ2n) is 8.27. The Balaban J connectivity index is 1.38. The Morgan fingerprint density at radius 3 is 2.39 bits per heavy atom. The summed E-state index contributed by atoms with van der Waals surface area (Å²) in [5, 5.41) is 8.02. The van der Waals surface area contributed by atoms with Crippen LogP contribution in [0, 0.1) is 5.92 Å². The van der Waals surface area contributed by atoms with Gasteiger partial charge in [0, 0.05) is 25.0 Å². The molecular weight excluding hydrogens is 459 g/mol. The van der Waals surface area contributed by atoms with E-state index in [9.17, 15) is 9.59 Å². The molecule has 2 heterocycles. The average molecular weight is 484 g/mol. The number of likely N-dealkylation sites (tertiary alicyclic amines) is 1. The van der Waals surface area contributed by atoms with E-state index < -0.39 is 5.56 Å². The fraction of sp³-hybridized carbons (Fsp3) is 0.500. The third kappa shape index (κ3) is 5.02. The summed E-state index contributed by atoms with van der Waals surface area (Å²) >= 11 is 18.3. The van der Waals surface area contributed by atoms with Gasteiger partial charge in [0.1, 0.15) is 5.02 Å². The van der Waals surface area contributed by atoms with Crippen LogP contribution in [0.4, 0.5) is 5.69 Å². The van der Waals surface area contributed by atoms with Gasteiger partial charge in [-0.15, -0.1) is 0 Å². The van der Waals surface area contributed by atoms with Gasteiger partial charge in [0.05, 0.1) is 27.6 Å². The van der Waals surface area contributed by atoms with E-state index >= 15 is 0 Å². The molecule has 1 amide bonds. The highest BCUT2D eigenvalue weighted by Crippen LogP contribution is 2.29. The van der Waals surface area contributed by atoms with E-state index in [0.29, 0.717) is 16.6 Å². The molecule has 0 radical (unpaired) electrons. The number of carbonyl (C=O) groups excluding carboxylic acids is 1. The number of halogens is 3. The first-order valence-corrected chi connectivity index (χ1v) is 11.9.